The number of Topliss-reactive ketones (excluding diaryl/α,β-unsaturated/α-hetero) is 2. The highest BCUT2D eigenvalue weighted by Gasteiger charge is 2.35. The molecule has 4 heteroatoms. The van der Waals surface area contributed by atoms with E-state index in [4.69, 9.17) is 5.73 Å². The van der Waals surface area contributed by atoms with E-state index in [1.54, 1.807) is 0 Å². The Kier molecular flexibility index (Phi) is 3.27. The summed E-state index contributed by atoms with van der Waals surface area (Å²) in [5, 5.41) is 0. The average molecular weight is 260 g/mol. The molecule has 0 spiro atoms. The van der Waals surface area contributed by atoms with Gasteiger partial charge in [0.1, 0.15) is 0 Å². The Morgan fingerprint density at radius 2 is 1.42 bits per heavy atom. The highest BCUT2D eigenvalue weighted by molar-refractivity contribution is 6.03. The molecule has 3 rings (SSSR count). The van der Waals surface area contributed by atoms with Crippen molar-refractivity contribution in [3.63, 3.8) is 0 Å². The molecule has 2 N–H and O–H groups in total. The zero-order chi connectivity index (χ0) is 13.4. The largest absolute Gasteiger partial charge is 0.347 e. The van der Waals surface area contributed by atoms with Crippen molar-refractivity contribution in [2.24, 2.45) is 5.73 Å². The van der Waals surface area contributed by atoms with Gasteiger partial charge in [0.2, 0.25) is 0 Å². The van der Waals surface area contributed by atoms with Crippen molar-refractivity contribution in [2.75, 3.05) is 13.1 Å². The van der Waals surface area contributed by atoms with E-state index < -0.39 is 0 Å². The molecule has 0 saturated heterocycles. The fourth-order valence-electron chi connectivity index (χ4n) is 3.49. The topological polar surface area (TPSA) is 63.4 Å². The molecule has 2 aliphatic carbocycles. The average Bonchev–Trinajstić information content (AvgIpc) is 2.41. The second kappa shape index (κ2) is 4.93. The maximum absolute atomic E-state index is 12.1. The molecule has 1 aliphatic heterocycles. The van der Waals surface area contributed by atoms with Gasteiger partial charge in [-0.25, -0.2) is 0 Å². The summed E-state index contributed by atoms with van der Waals surface area (Å²) in [6, 6.07) is 0. The molecule has 102 valence electrons. The molecule has 0 aromatic rings. The van der Waals surface area contributed by atoms with E-state index in [1.165, 1.54) is 0 Å². The second-order valence-electron chi connectivity index (χ2n) is 5.52. The van der Waals surface area contributed by atoms with Gasteiger partial charge in [0.15, 0.2) is 11.6 Å². The summed E-state index contributed by atoms with van der Waals surface area (Å²) in [4.78, 5) is 26.4. The van der Waals surface area contributed by atoms with Crippen LogP contribution in [0.15, 0.2) is 22.5 Å². The van der Waals surface area contributed by atoms with Gasteiger partial charge in [-0.15, -0.1) is 0 Å². The third kappa shape index (κ3) is 2.04. The van der Waals surface area contributed by atoms with Crippen LogP contribution in [0.3, 0.4) is 0 Å². The van der Waals surface area contributed by atoms with Crippen molar-refractivity contribution in [1.29, 1.82) is 0 Å². The maximum Gasteiger partial charge on any atom is 0.160 e. The number of nitrogens with zero attached hydrogens (tertiary/aromatic N) is 1. The molecule has 3 aliphatic rings. The summed E-state index contributed by atoms with van der Waals surface area (Å²) in [5.74, 6) is 0.460. The third-order valence-corrected chi connectivity index (χ3v) is 4.36. The first-order chi connectivity index (χ1) is 9.22. The molecule has 0 saturated carbocycles. The lowest BCUT2D eigenvalue weighted by Crippen LogP contribution is -2.37. The van der Waals surface area contributed by atoms with E-state index in [9.17, 15) is 9.59 Å². The number of ketones is 2. The fraction of sp³-hybridized carbons (Fsp3) is 0.600. The lowest BCUT2D eigenvalue weighted by molar-refractivity contribution is -0.117. The van der Waals surface area contributed by atoms with Crippen molar-refractivity contribution in [2.45, 2.75) is 44.9 Å². The fourth-order valence-corrected chi connectivity index (χ4v) is 3.49. The first-order valence-corrected chi connectivity index (χ1v) is 7.20. The number of hydrogen-bond donors (Lipinski definition) is 1. The zero-order valence-corrected chi connectivity index (χ0v) is 11.2. The highest BCUT2D eigenvalue weighted by Crippen LogP contribution is 2.41. The van der Waals surface area contributed by atoms with E-state index in [-0.39, 0.29) is 11.6 Å². The van der Waals surface area contributed by atoms with Crippen molar-refractivity contribution in [1.82, 2.24) is 4.90 Å². The smallest absolute Gasteiger partial charge is 0.160 e. The van der Waals surface area contributed by atoms with Gasteiger partial charge in [0.05, 0.1) is 0 Å². The Morgan fingerprint density at radius 3 is 1.89 bits per heavy atom. The van der Waals surface area contributed by atoms with Crippen molar-refractivity contribution in [3.05, 3.63) is 22.5 Å². The summed E-state index contributed by atoms with van der Waals surface area (Å²) in [6.07, 6.45) is 5.59. The summed E-state index contributed by atoms with van der Waals surface area (Å²) in [7, 11) is 0. The third-order valence-electron chi connectivity index (χ3n) is 4.36. The molecule has 0 radical (unpaired) electrons. The van der Waals surface area contributed by atoms with Crippen LogP contribution in [0.1, 0.15) is 44.9 Å². The van der Waals surface area contributed by atoms with E-state index >= 15 is 0 Å². The maximum atomic E-state index is 12.1. The number of nitrogens with two attached hydrogens (primary N) is 1. The van der Waals surface area contributed by atoms with Gasteiger partial charge in [-0.1, -0.05) is 0 Å². The van der Waals surface area contributed by atoms with Gasteiger partial charge >= 0.3 is 0 Å². The molecule has 0 amide bonds. The first kappa shape index (κ1) is 12.6. The lowest BCUT2D eigenvalue weighted by atomic mass is 9.81. The molecule has 0 bridgehead atoms. The standard InChI is InChI=1S/C15H20N2O2/c16-7-8-17-12-3-1-5-14(18)10(12)9-11-13(17)4-2-6-15(11)19/h1-9,16H2. The summed E-state index contributed by atoms with van der Waals surface area (Å²) in [5.41, 5.74) is 9.78. The van der Waals surface area contributed by atoms with Crippen LogP contribution >= 0.6 is 0 Å². The number of carbonyl (C=O) groups is 2. The van der Waals surface area contributed by atoms with Crippen LogP contribution in [-0.2, 0) is 9.59 Å². The predicted molar refractivity (Wildman–Crippen MR) is 72.1 cm³/mol. The van der Waals surface area contributed by atoms with Gasteiger partial charge in [0, 0.05) is 54.9 Å². The van der Waals surface area contributed by atoms with Crippen LogP contribution in [0.5, 0.6) is 0 Å². The summed E-state index contributed by atoms with van der Waals surface area (Å²) < 4.78 is 0. The lowest BCUT2D eigenvalue weighted by Gasteiger charge is -2.40. The minimum atomic E-state index is 0.230. The van der Waals surface area contributed by atoms with Crippen molar-refractivity contribution in [3.8, 4) is 0 Å². The van der Waals surface area contributed by atoms with Gasteiger partial charge < -0.3 is 10.6 Å². The molecule has 0 aromatic carbocycles. The molecule has 19 heavy (non-hydrogen) atoms. The van der Waals surface area contributed by atoms with Crippen LogP contribution in [0.4, 0.5) is 0 Å². The second-order valence-corrected chi connectivity index (χ2v) is 5.52. The molecular formula is C15H20N2O2. The van der Waals surface area contributed by atoms with E-state index in [2.05, 4.69) is 4.90 Å². The minimum absolute atomic E-state index is 0.230. The summed E-state index contributed by atoms with van der Waals surface area (Å²) in [6.45, 7) is 1.27. The highest BCUT2D eigenvalue weighted by atomic mass is 16.1. The molecular weight excluding hydrogens is 240 g/mol. The normalized spacial score (nSPS) is 23.7. The van der Waals surface area contributed by atoms with Crippen LogP contribution in [0.25, 0.3) is 0 Å². The molecule has 0 unspecified atom stereocenters. The van der Waals surface area contributed by atoms with Crippen LogP contribution in [0, 0.1) is 0 Å². The Bertz CT molecular complexity index is 460. The quantitative estimate of drug-likeness (QED) is 0.820. The molecule has 0 aromatic heterocycles. The minimum Gasteiger partial charge on any atom is -0.347 e. The Morgan fingerprint density at radius 1 is 0.895 bits per heavy atom. The van der Waals surface area contributed by atoms with E-state index in [0.717, 1.165) is 54.8 Å². The predicted octanol–water partition coefficient (Wildman–Crippen LogP) is 1.66. The SMILES string of the molecule is NCCN1C2=C(CC3=C1CCCC3=O)C(=O)CCC2. The Hall–Kier alpha value is -1.42. The molecule has 4 nitrogen and oxygen atoms in total. The van der Waals surface area contributed by atoms with Crippen molar-refractivity contribution < 1.29 is 9.59 Å². The zero-order valence-electron chi connectivity index (χ0n) is 11.2. The molecule has 0 atom stereocenters. The number of hydrogen-bond acceptors (Lipinski definition) is 4. The number of carbonyl (C=O) groups excluding carboxylic acids is 2. The molecule has 0 fully saturated rings. The van der Waals surface area contributed by atoms with Crippen LogP contribution in [-0.4, -0.2) is 29.6 Å². The van der Waals surface area contributed by atoms with Gasteiger partial charge in [-0.05, 0) is 25.7 Å². The van der Waals surface area contributed by atoms with Crippen LogP contribution in [0.2, 0.25) is 0 Å². The van der Waals surface area contributed by atoms with E-state index in [0.29, 0.717) is 25.8 Å². The van der Waals surface area contributed by atoms with Crippen molar-refractivity contribution >= 4 is 11.6 Å². The van der Waals surface area contributed by atoms with Gasteiger partial charge in [-0.3, -0.25) is 9.59 Å². The Balaban J connectivity index is 2.04. The molecule has 1 heterocycles. The number of rotatable bonds is 2. The van der Waals surface area contributed by atoms with Crippen LogP contribution < -0.4 is 5.73 Å². The van der Waals surface area contributed by atoms with E-state index in [1.807, 2.05) is 0 Å². The van der Waals surface area contributed by atoms with Gasteiger partial charge in [-0.2, -0.15) is 0 Å². The monoisotopic (exact) mass is 260 g/mol. The summed E-state index contributed by atoms with van der Waals surface area (Å²) >= 11 is 0. The van der Waals surface area contributed by atoms with Gasteiger partial charge in [0.25, 0.3) is 0 Å². The first-order valence-electron chi connectivity index (χ1n) is 7.20. The Labute approximate surface area is 113 Å². The number of allylic oxidation sites excluding steroid dienone is 4.